The van der Waals surface area contributed by atoms with Crippen molar-refractivity contribution in [1.29, 1.82) is 0 Å². The monoisotopic (exact) mass is 592 g/mol. The average molecular weight is 593 g/mol. The van der Waals surface area contributed by atoms with Crippen molar-refractivity contribution < 1.29 is 23.9 Å². The highest BCUT2D eigenvalue weighted by Crippen LogP contribution is 2.22. The maximum atomic E-state index is 13.2. The largest absolute Gasteiger partial charge is 0.494 e. The Morgan fingerprint density at radius 2 is 1.57 bits per heavy atom. The third-order valence-corrected chi connectivity index (χ3v) is 7.34. The van der Waals surface area contributed by atoms with Crippen LogP contribution in [0.25, 0.3) is 0 Å². The first-order valence-corrected chi connectivity index (χ1v) is 15.0. The SMILES string of the molecule is CCC(=O)N(CCCOc1ccc(C[C@H](Nc2ccccc2C(=O)c2ccccc2)C(=O)OC)cc1)Cc1cccc(C)c1. The van der Waals surface area contributed by atoms with Crippen LogP contribution in [0.4, 0.5) is 5.69 Å². The normalized spacial score (nSPS) is 11.3. The first-order chi connectivity index (χ1) is 21.4. The number of nitrogens with one attached hydrogen (secondary N) is 1. The highest BCUT2D eigenvalue weighted by molar-refractivity contribution is 6.12. The molecule has 4 aromatic carbocycles. The number of amides is 1. The van der Waals surface area contributed by atoms with Gasteiger partial charge in [0.15, 0.2) is 5.78 Å². The van der Waals surface area contributed by atoms with Crippen LogP contribution in [0.1, 0.15) is 52.4 Å². The van der Waals surface area contributed by atoms with Gasteiger partial charge in [0, 0.05) is 42.7 Å². The number of rotatable bonds is 15. The van der Waals surface area contributed by atoms with Crippen LogP contribution in [0.5, 0.6) is 5.75 Å². The maximum Gasteiger partial charge on any atom is 0.328 e. The fraction of sp³-hybridized carbons (Fsp3) is 0.270. The molecule has 0 unspecified atom stereocenters. The lowest BCUT2D eigenvalue weighted by Gasteiger charge is -2.22. The number of esters is 1. The molecule has 0 saturated carbocycles. The summed E-state index contributed by atoms with van der Waals surface area (Å²) in [6.07, 6.45) is 1.52. The Labute approximate surface area is 259 Å². The maximum absolute atomic E-state index is 13.2. The molecule has 0 bridgehead atoms. The number of aryl methyl sites for hydroxylation is 1. The number of para-hydroxylation sites is 1. The predicted octanol–water partition coefficient (Wildman–Crippen LogP) is 6.63. The first kappa shape index (κ1) is 32.0. The Morgan fingerprint density at radius 1 is 0.841 bits per heavy atom. The Morgan fingerprint density at radius 3 is 2.27 bits per heavy atom. The van der Waals surface area contributed by atoms with Gasteiger partial charge >= 0.3 is 5.97 Å². The van der Waals surface area contributed by atoms with Crippen molar-refractivity contribution in [2.24, 2.45) is 0 Å². The lowest BCUT2D eigenvalue weighted by Crippen LogP contribution is -2.33. The molecular formula is C37H40N2O5. The van der Waals surface area contributed by atoms with Gasteiger partial charge in [-0.3, -0.25) is 9.59 Å². The average Bonchev–Trinajstić information content (AvgIpc) is 3.06. The van der Waals surface area contributed by atoms with Gasteiger partial charge in [-0.05, 0) is 48.7 Å². The van der Waals surface area contributed by atoms with Crippen LogP contribution in [0.3, 0.4) is 0 Å². The number of carbonyl (C=O) groups is 3. The van der Waals surface area contributed by atoms with Crippen LogP contribution < -0.4 is 10.1 Å². The molecule has 0 spiro atoms. The van der Waals surface area contributed by atoms with E-state index in [1.807, 2.05) is 72.5 Å². The summed E-state index contributed by atoms with van der Waals surface area (Å²) in [6, 6.07) is 31.3. The number of carbonyl (C=O) groups excluding carboxylic acids is 3. The zero-order valence-electron chi connectivity index (χ0n) is 25.6. The molecule has 0 aliphatic heterocycles. The van der Waals surface area contributed by atoms with Gasteiger partial charge in [0.05, 0.1) is 13.7 Å². The smallest absolute Gasteiger partial charge is 0.328 e. The number of ether oxygens (including phenoxy) is 2. The second kappa shape index (κ2) is 16.1. The lowest BCUT2D eigenvalue weighted by atomic mass is 10.00. The van der Waals surface area contributed by atoms with Crippen molar-refractivity contribution in [1.82, 2.24) is 4.90 Å². The zero-order chi connectivity index (χ0) is 31.3. The van der Waals surface area contributed by atoms with E-state index in [0.717, 1.165) is 11.1 Å². The van der Waals surface area contributed by atoms with Crippen LogP contribution in [0, 0.1) is 6.92 Å². The van der Waals surface area contributed by atoms with E-state index >= 15 is 0 Å². The van der Waals surface area contributed by atoms with Gasteiger partial charge in [0.25, 0.3) is 0 Å². The molecule has 4 rings (SSSR count). The summed E-state index contributed by atoms with van der Waals surface area (Å²) >= 11 is 0. The van der Waals surface area contributed by atoms with E-state index in [1.165, 1.54) is 12.7 Å². The van der Waals surface area contributed by atoms with Gasteiger partial charge in [0.2, 0.25) is 5.91 Å². The van der Waals surface area contributed by atoms with E-state index in [2.05, 4.69) is 24.4 Å². The number of methoxy groups -OCH3 is 1. The number of benzene rings is 4. The molecule has 0 saturated heterocycles. The van der Waals surface area contributed by atoms with E-state index < -0.39 is 12.0 Å². The zero-order valence-corrected chi connectivity index (χ0v) is 25.6. The van der Waals surface area contributed by atoms with Gasteiger partial charge < -0.3 is 19.7 Å². The molecule has 0 fully saturated rings. The summed E-state index contributed by atoms with van der Waals surface area (Å²) in [4.78, 5) is 40.3. The summed E-state index contributed by atoms with van der Waals surface area (Å²) in [5.41, 5.74) is 4.82. The van der Waals surface area contributed by atoms with Gasteiger partial charge in [-0.25, -0.2) is 4.79 Å². The van der Waals surface area contributed by atoms with Crippen LogP contribution in [0.2, 0.25) is 0 Å². The molecule has 0 aliphatic rings. The molecule has 0 aromatic heterocycles. The molecule has 228 valence electrons. The molecule has 1 atom stereocenters. The molecule has 0 heterocycles. The Kier molecular flexibility index (Phi) is 11.7. The van der Waals surface area contributed by atoms with Crippen molar-refractivity contribution >= 4 is 23.3 Å². The Balaban J connectivity index is 1.34. The quantitative estimate of drug-likeness (QED) is 0.0948. The van der Waals surface area contributed by atoms with E-state index in [-0.39, 0.29) is 11.7 Å². The third kappa shape index (κ3) is 9.04. The Bertz CT molecular complexity index is 1540. The summed E-state index contributed by atoms with van der Waals surface area (Å²) < 4.78 is 11.0. The minimum Gasteiger partial charge on any atom is -0.494 e. The van der Waals surface area contributed by atoms with Gasteiger partial charge in [-0.15, -0.1) is 0 Å². The second-order valence-electron chi connectivity index (χ2n) is 10.7. The minimum absolute atomic E-state index is 0.122. The van der Waals surface area contributed by atoms with Crippen molar-refractivity contribution in [3.63, 3.8) is 0 Å². The van der Waals surface area contributed by atoms with E-state index in [1.54, 1.807) is 30.3 Å². The summed E-state index contributed by atoms with van der Waals surface area (Å²) in [7, 11) is 1.35. The number of hydrogen-bond donors (Lipinski definition) is 1. The van der Waals surface area contributed by atoms with Crippen molar-refractivity contribution in [3.8, 4) is 5.75 Å². The highest BCUT2D eigenvalue weighted by Gasteiger charge is 2.22. The van der Waals surface area contributed by atoms with E-state index in [9.17, 15) is 14.4 Å². The number of anilines is 1. The molecule has 7 heteroatoms. The van der Waals surface area contributed by atoms with Gasteiger partial charge in [-0.1, -0.05) is 91.3 Å². The third-order valence-electron chi connectivity index (χ3n) is 7.34. The van der Waals surface area contributed by atoms with Gasteiger partial charge in [-0.2, -0.15) is 0 Å². The number of ketones is 1. The molecule has 0 radical (unpaired) electrons. The van der Waals surface area contributed by atoms with Crippen molar-refractivity contribution in [3.05, 3.63) is 131 Å². The summed E-state index contributed by atoms with van der Waals surface area (Å²) in [5, 5.41) is 3.24. The molecule has 7 nitrogen and oxygen atoms in total. The van der Waals surface area contributed by atoms with Crippen molar-refractivity contribution in [2.75, 3.05) is 25.6 Å². The second-order valence-corrected chi connectivity index (χ2v) is 10.7. The summed E-state index contributed by atoms with van der Waals surface area (Å²) in [5.74, 6) is 0.277. The van der Waals surface area contributed by atoms with Gasteiger partial charge in [0.1, 0.15) is 11.8 Å². The first-order valence-electron chi connectivity index (χ1n) is 15.0. The van der Waals surface area contributed by atoms with Crippen molar-refractivity contribution in [2.45, 2.75) is 45.7 Å². The minimum atomic E-state index is -0.702. The molecular weight excluding hydrogens is 552 g/mol. The molecule has 1 amide bonds. The topological polar surface area (TPSA) is 84.9 Å². The molecule has 1 N–H and O–H groups in total. The Hall–Kier alpha value is -4.91. The predicted molar refractivity (Wildman–Crippen MR) is 173 cm³/mol. The lowest BCUT2D eigenvalue weighted by molar-refractivity contribution is -0.141. The summed E-state index contributed by atoms with van der Waals surface area (Å²) in [6.45, 7) is 5.60. The van der Waals surface area contributed by atoms with Crippen LogP contribution in [-0.2, 0) is 27.3 Å². The highest BCUT2D eigenvalue weighted by atomic mass is 16.5. The number of hydrogen-bond acceptors (Lipinski definition) is 6. The molecule has 0 aliphatic carbocycles. The fourth-order valence-electron chi connectivity index (χ4n) is 5.02. The number of nitrogens with zero attached hydrogens (tertiary/aromatic N) is 1. The van der Waals surface area contributed by atoms with Crippen LogP contribution in [-0.4, -0.2) is 48.9 Å². The van der Waals surface area contributed by atoms with E-state index in [4.69, 9.17) is 9.47 Å². The van der Waals surface area contributed by atoms with Crippen LogP contribution >= 0.6 is 0 Å². The van der Waals surface area contributed by atoms with E-state index in [0.29, 0.717) is 61.5 Å². The van der Waals surface area contributed by atoms with Crippen LogP contribution in [0.15, 0.2) is 103 Å². The fourth-order valence-corrected chi connectivity index (χ4v) is 5.02. The molecule has 44 heavy (non-hydrogen) atoms. The molecule has 4 aromatic rings. The standard InChI is InChI=1S/C37H40N2O5/c1-4-35(40)39(26-29-13-10-12-27(2)24-29)22-11-23-44-31-20-18-28(19-21-31)25-34(37(42)43-3)38-33-17-9-8-16-32(33)36(41)30-14-6-5-7-15-30/h5-10,12-21,24,34,38H,4,11,22-23,25-26H2,1-3H3/t34-/m0/s1.